The van der Waals surface area contributed by atoms with Crippen LogP contribution in [0.4, 0.5) is 11.4 Å². The largest absolute Gasteiger partial charge is 0.385 e. The molecule has 1 amide bonds. The van der Waals surface area contributed by atoms with E-state index in [9.17, 15) is 4.79 Å². The molecule has 0 aliphatic rings. The van der Waals surface area contributed by atoms with Crippen LogP contribution >= 0.6 is 34.2 Å². The fraction of sp³-hybridized carbons (Fsp3) is 0.133. The summed E-state index contributed by atoms with van der Waals surface area (Å²) in [5, 5.41) is 6.57. The van der Waals surface area contributed by atoms with Crippen molar-refractivity contribution in [2.24, 2.45) is 0 Å². The molecule has 0 atom stereocenters. The lowest BCUT2D eigenvalue weighted by atomic mass is 10.1. The van der Waals surface area contributed by atoms with Crippen molar-refractivity contribution in [2.75, 3.05) is 17.2 Å². The van der Waals surface area contributed by atoms with E-state index in [2.05, 4.69) is 33.2 Å². The molecule has 0 fully saturated rings. The standard InChI is InChI=1S/C15H14ClIN2O/c1-2-18-14-8-3-10(16)9-13(14)15(20)19-12-6-4-11(17)5-7-12/h3-9,18H,2H2,1H3,(H,19,20). The zero-order valence-corrected chi connectivity index (χ0v) is 13.8. The summed E-state index contributed by atoms with van der Waals surface area (Å²) in [6, 6.07) is 12.9. The molecular formula is C15H14ClIN2O. The van der Waals surface area contributed by atoms with Crippen LogP contribution in [0.15, 0.2) is 42.5 Å². The van der Waals surface area contributed by atoms with E-state index in [-0.39, 0.29) is 5.91 Å². The van der Waals surface area contributed by atoms with Gasteiger partial charge in [0.2, 0.25) is 0 Å². The first kappa shape index (κ1) is 15.1. The summed E-state index contributed by atoms with van der Waals surface area (Å²) < 4.78 is 1.12. The molecule has 0 aliphatic heterocycles. The third-order valence-electron chi connectivity index (χ3n) is 2.70. The van der Waals surface area contributed by atoms with Gasteiger partial charge in [-0.1, -0.05) is 11.6 Å². The van der Waals surface area contributed by atoms with Crippen LogP contribution in [0.25, 0.3) is 0 Å². The predicted molar refractivity (Wildman–Crippen MR) is 92.7 cm³/mol. The molecule has 2 N–H and O–H groups in total. The molecule has 0 aliphatic carbocycles. The number of nitrogens with one attached hydrogen (secondary N) is 2. The van der Waals surface area contributed by atoms with E-state index in [0.29, 0.717) is 10.6 Å². The van der Waals surface area contributed by atoms with Crippen molar-refractivity contribution in [3.05, 3.63) is 56.6 Å². The van der Waals surface area contributed by atoms with E-state index in [1.165, 1.54) is 0 Å². The number of amides is 1. The van der Waals surface area contributed by atoms with E-state index in [4.69, 9.17) is 11.6 Å². The van der Waals surface area contributed by atoms with Crippen LogP contribution in [0.2, 0.25) is 5.02 Å². The minimum absolute atomic E-state index is 0.176. The second-order valence-electron chi connectivity index (χ2n) is 4.18. The Hall–Kier alpha value is -1.27. The summed E-state index contributed by atoms with van der Waals surface area (Å²) in [6.07, 6.45) is 0. The smallest absolute Gasteiger partial charge is 0.257 e. The molecule has 2 aromatic carbocycles. The van der Waals surface area contributed by atoms with Gasteiger partial charge < -0.3 is 10.6 Å². The molecule has 0 spiro atoms. The fourth-order valence-corrected chi connectivity index (χ4v) is 2.31. The van der Waals surface area contributed by atoms with E-state index in [1.807, 2.05) is 37.3 Å². The molecule has 2 rings (SSSR count). The Balaban J connectivity index is 2.23. The van der Waals surface area contributed by atoms with Gasteiger partial charge in [0.15, 0.2) is 0 Å². The van der Waals surface area contributed by atoms with Crippen molar-refractivity contribution in [1.29, 1.82) is 0 Å². The summed E-state index contributed by atoms with van der Waals surface area (Å²) >= 11 is 8.20. The lowest BCUT2D eigenvalue weighted by Crippen LogP contribution is -2.14. The van der Waals surface area contributed by atoms with Gasteiger partial charge >= 0.3 is 0 Å². The van der Waals surface area contributed by atoms with Crippen molar-refractivity contribution in [3.8, 4) is 0 Å². The first-order chi connectivity index (χ1) is 9.60. The number of carbonyl (C=O) groups is 1. The molecule has 104 valence electrons. The quantitative estimate of drug-likeness (QED) is 0.735. The van der Waals surface area contributed by atoms with E-state index < -0.39 is 0 Å². The molecule has 20 heavy (non-hydrogen) atoms. The number of rotatable bonds is 4. The van der Waals surface area contributed by atoms with Crippen LogP contribution in [-0.2, 0) is 0 Å². The van der Waals surface area contributed by atoms with Gasteiger partial charge in [0.1, 0.15) is 0 Å². The topological polar surface area (TPSA) is 41.1 Å². The normalized spacial score (nSPS) is 10.2. The first-order valence-electron chi connectivity index (χ1n) is 6.20. The zero-order chi connectivity index (χ0) is 14.5. The third-order valence-corrected chi connectivity index (χ3v) is 3.65. The van der Waals surface area contributed by atoms with Crippen molar-refractivity contribution in [1.82, 2.24) is 0 Å². The number of hydrogen-bond acceptors (Lipinski definition) is 2. The van der Waals surface area contributed by atoms with Crippen LogP contribution in [0.5, 0.6) is 0 Å². The highest BCUT2D eigenvalue weighted by molar-refractivity contribution is 14.1. The molecule has 0 bridgehead atoms. The van der Waals surface area contributed by atoms with Gasteiger partial charge in [0.25, 0.3) is 5.91 Å². The fourth-order valence-electron chi connectivity index (χ4n) is 1.78. The highest BCUT2D eigenvalue weighted by Gasteiger charge is 2.12. The van der Waals surface area contributed by atoms with E-state index >= 15 is 0 Å². The number of halogens is 2. The Bertz CT molecular complexity index is 614. The van der Waals surface area contributed by atoms with Gasteiger partial charge in [-0.05, 0) is 72.0 Å². The minimum Gasteiger partial charge on any atom is -0.385 e. The van der Waals surface area contributed by atoms with E-state index in [0.717, 1.165) is 21.5 Å². The molecule has 0 heterocycles. The van der Waals surface area contributed by atoms with Crippen molar-refractivity contribution < 1.29 is 4.79 Å². The molecule has 0 unspecified atom stereocenters. The lowest BCUT2D eigenvalue weighted by Gasteiger charge is -2.11. The first-order valence-corrected chi connectivity index (χ1v) is 7.66. The number of hydrogen-bond donors (Lipinski definition) is 2. The molecule has 0 saturated heterocycles. The maximum Gasteiger partial charge on any atom is 0.257 e. The van der Waals surface area contributed by atoms with Crippen LogP contribution < -0.4 is 10.6 Å². The molecule has 2 aromatic rings. The maximum absolute atomic E-state index is 12.3. The van der Waals surface area contributed by atoms with Crippen LogP contribution in [-0.4, -0.2) is 12.5 Å². The molecular weight excluding hydrogens is 387 g/mol. The average molecular weight is 401 g/mol. The summed E-state index contributed by atoms with van der Waals surface area (Å²) in [5.41, 5.74) is 2.08. The Morgan fingerprint density at radius 2 is 1.90 bits per heavy atom. The Morgan fingerprint density at radius 1 is 1.20 bits per heavy atom. The van der Waals surface area contributed by atoms with Crippen molar-refractivity contribution in [2.45, 2.75) is 6.92 Å². The van der Waals surface area contributed by atoms with Crippen molar-refractivity contribution in [3.63, 3.8) is 0 Å². The SMILES string of the molecule is CCNc1ccc(Cl)cc1C(=O)Nc1ccc(I)cc1. The van der Waals surface area contributed by atoms with Gasteiger partial charge in [-0.15, -0.1) is 0 Å². The van der Waals surface area contributed by atoms with Gasteiger partial charge in [-0.3, -0.25) is 4.79 Å². The third kappa shape index (κ3) is 3.86. The maximum atomic E-state index is 12.3. The van der Waals surface area contributed by atoms with Gasteiger partial charge in [0.05, 0.1) is 5.56 Å². The average Bonchev–Trinajstić information content (AvgIpc) is 2.43. The molecule has 0 radical (unpaired) electrons. The Morgan fingerprint density at radius 3 is 2.55 bits per heavy atom. The lowest BCUT2D eigenvalue weighted by molar-refractivity contribution is 0.102. The van der Waals surface area contributed by atoms with E-state index in [1.54, 1.807) is 12.1 Å². The van der Waals surface area contributed by atoms with Gasteiger partial charge in [-0.25, -0.2) is 0 Å². The minimum atomic E-state index is -0.176. The predicted octanol–water partition coefficient (Wildman–Crippen LogP) is 4.63. The second kappa shape index (κ2) is 6.95. The molecule has 3 nitrogen and oxygen atoms in total. The van der Waals surface area contributed by atoms with Crippen LogP contribution in [0.1, 0.15) is 17.3 Å². The monoisotopic (exact) mass is 400 g/mol. The second-order valence-corrected chi connectivity index (χ2v) is 5.86. The highest BCUT2D eigenvalue weighted by Crippen LogP contribution is 2.22. The molecule has 0 saturated carbocycles. The summed E-state index contributed by atoms with van der Waals surface area (Å²) in [5.74, 6) is -0.176. The number of benzene rings is 2. The van der Waals surface area contributed by atoms with Gasteiger partial charge in [-0.2, -0.15) is 0 Å². The van der Waals surface area contributed by atoms with Crippen molar-refractivity contribution >= 4 is 51.5 Å². The number of anilines is 2. The highest BCUT2D eigenvalue weighted by atomic mass is 127. The number of carbonyl (C=O) groups excluding carboxylic acids is 1. The summed E-state index contributed by atoms with van der Waals surface area (Å²) in [4.78, 5) is 12.3. The Kier molecular flexibility index (Phi) is 5.25. The van der Waals surface area contributed by atoms with Crippen LogP contribution in [0, 0.1) is 3.57 Å². The molecule has 0 aromatic heterocycles. The van der Waals surface area contributed by atoms with Gasteiger partial charge in [0, 0.05) is 26.5 Å². The summed E-state index contributed by atoms with van der Waals surface area (Å²) in [6.45, 7) is 2.72. The Labute approximate surface area is 136 Å². The summed E-state index contributed by atoms with van der Waals surface area (Å²) in [7, 11) is 0. The molecule has 5 heteroatoms. The zero-order valence-electron chi connectivity index (χ0n) is 10.9. The van der Waals surface area contributed by atoms with Crippen LogP contribution in [0.3, 0.4) is 0 Å².